The summed E-state index contributed by atoms with van der Waals surface area (Å²) in [5, 5.41) is 10.9. The molecule has 172 valence electrons. The first kappa shape index (κ1) is 25.5. The van der Waals surface area contributed by atoms with E-state index in [1.807, 2.05) is 0 Å². The van der Waals surface area contributed by atoms with E-state index in [1.165, 1.54) is 0 Å². The first-order valence-electron chi connectivity index (χ1n) is 12.1. The summed E-state index contributed by atoms with van der Waals surface area (Å²) in [6, 6.07) is 0. The predicted octanol–water partition coefficient (Wildman–Crippen LogP) is 6.83. The number of ketones is 1. The highest BCUT2D eigenvalue weighted by Gasteiger charge is 2.51. The Bertz CT molecular complexity index is 629. The molecule has 0 amide bonds. The number of rotatable bonds is 5. The standard InChI is InChI=1S/C26H46O3Si/c1-17(2)30(18(3)4,19(5)6)29-25-13-15-26(9)14-12-22(27)11-10-20(7)24(28)16-23(26)21(25)8/h12,14,17-19,21,23-25,28H,7,10-11,13,15-16H2,1-6,8-9H3/b14-12+/t21-,23-,24?,25-,26-/m0/s1. The maximum absolute atomic E-state index is 12.3. The van der Waals surface area contributed by atoms with Crippen molar-refractivity contribution < 1.29 is 14.3 Å². The Hall–Kier alpha value is -0.713. The molecule has 0 radical (unpaired) electrons. The fraction of sp³-hybridized carbons (Fsp3) is 0.808. The van der Waals surface area contributed by atoms with E-state index in [4.69, 9.17) is 4.43 Å². The molecule has 1 saturated carbocycles. The largest absolute Gasteiger partial charge is 0.413 e. The molecular weight excluding hydrogens is 388 g/mol. The minimum absolute atomic E-state index is 0.0920. The molecule has 30 heavy (non-hydrogen) atoms. The predicted molar refractivity (Wildman–Crippen MR) is 129 cm³/mol. The summed E-state index contributed by atoms with van der Waals surface area (Å²) in [5.74, 6) is 0.735. The quantitative estimate of drug-likeness (QED) is 0.381. The van der Waals surface area contributed by atoms with E-state index in [2.05, 4.69) is 68.0 Å². The maximum Gasteiger partial charge on any atom is 0.200 e. The lowest BCUT2D eigenvalue weighted by Crippen LogP contribution is -2.54. The van der Waals surface area contributed by atoms with Crippen molar-refractivity contribution >= 4 is 14.1 Å². The molecule has 0 aromatic heterocycles. The Morgan fingerprint density at radius 1 is 1.13 bits per heavy atom. The zero-order valence-corrected chi connectivity index (χ0v) is 21.7. The minimum Gasteiger partial charge on any atom is -0.413 e. The molecule has 5 atom stereocenters. The number of carbonyl (C=O) groups is 1. The van der Waals surface area contributed by atoms with E-state index < -0.39 is 14.4 Å². The van der Waals surface area contributed by atoms with Crippen LogP contribution < -0.4 is 0 Å². The Morgan fingerprint density at radius 2 is 1.70 bits per heavy atom. The molecule has 2 rings (SSSR count). The lowest BCUT2D eigenvalue weighted by atomic mass is 9.59. The third-order valence-corrected chi connectivity index (χ3v) is 14.5. The van der Waals surface area contributed by atoms with Crippen molar-refractivity contribution in [3.63, 3.8) is 0 Å². The van der Waals surface area contributed by atoms with Crippen LogP contribution in [0.15, 0.2) is 24.3 Å². The molecule has 0 spiro atoms. The van der Waals surface area contributed by atoms with Crippen LogP contribution in [-0.4, -0.2) is 31.4 Å². The highest BCUT2D eigenvalue weighted by atomic mass is 28.4. The SMILES string of the molecule is C=C1CCC(=O)/C=C/[C@@]2(C)CC[C@H](O[Si](C(C)C)(C(C)C)C(C)C)[C@@H](C)[C@@H]2CC1O. The lowest BCUT2D eigenvalue weighted by Gasteiger charge is -2.52. The van der Waals surface area contributed by atoms with Crippen molar-refractivity contribution in [3.05, 3.63) is 24.3 Å². The van der Waals surface area contributed by atoms with Crippen LogP contribution in [0.3, 0.4) is 0 Å². The third-order valence-electron chi connectivity index (χ3n) is 8.39. The highest BCUT2D eigenvalue weighted by molar-refractivity contribution is 6.77. The van der Waals surface area contributed by atoms with Crippen molar-refractivity contribution in [3.8, 4) is 0 Å². The molecule has 4 heteroatoms. The number of aliphatic hydroxyl groups is 1. The van der Waals surface area contributed by atoms with Crippen LogP contribution in [0.4, 0.5) is 0 Å². The first-order chi connectivity index (χ1) is 13.8. The molecule has 2 aliphatic carbocycles. The van der Waals surface area contributed by atoms with Crippen molar-refractivity contribution in [1.29, 1.82) is 0 Å². The van der Waals surface area contributed by atoms with Gasteiger partial charge in [-0.15, -0.1) is 0 Å². The summed E-state index contributed by atoms with van der Waals surface area (Å²) in [6.07, 6.45) is 7.35. The van der Waals surface area contributed by atoms with Crippen LogP contribution in [0.2, 0.25) is 16.6 Å². The van der Waals surface area contributed by atoms with Crippen molar-refractivity contribution in [2.75, 3.05) is 0 Å². The second-order valence-corrected chi connectivity index (χ2v) is 16.6. The summed E-state index contributed by atoms with van der Waals surface area (Å²) in [6.45, 7) is 22.7. The molecule has 1 fully saturated rings. The fourth-order valence-electron chi connectivity index (χ4n) is 6.51. The monoisotopic (exact) mass is 434 g/mol. The van der Waals surface area contributed by atoms with Crippen LogP contribution in [0.1, 0.15) is 87.5 Å². The Kier molecular flexibility index (Phi) is 8.37. The van der Waals surface area contributed by atoms with Gasteiger partial charge >= 0.3 is 0 Å². The zero-order valence-electron chi connectivity index (χ0n) is 20.7. The summed E-state index contributed by atoms with van der Waals surface area (Å²) in [5.41, 5.74) is 2.39. The third kappa shape index (κ3) is 5.02. The van der Waals surface area contributed by atoms with Gasteiger partial charge in [0.25, 0.3) is 0 Å². The summed E-state index contributed by atoms with van der Waals surface area (Å²) >= 11 is 0. The molecule has 0 aliphatic heterocycles. The van der Waals surface area contributed by atoms with Gasteiger partial charge in [-0.05, 0) is 71.2 Å². The fourth-order valence-corrected chi connectivity index (χ4v) is 12.2. The summed E-state index contributed by atoms with van der Waals surface area (Å²) in [7, 11) is -1.97. The molecule has 1 unspecified atom stereocenters. The van der Waals surface area contributed by atoms with E-state index >= 15 is 0 Å². The van der Waals surface area contributed by atoms with Gasteiger partial charge in [-0.1, -0.05) is 68.0 Å². The molecule has 3 nitrogen and oxygen atoms in total. The van der Waals surface area contributed by atoms with Gasteiger partial charge in [-0.2, -0.15) is 0 Å². The molecular formula is C26H46O3Si. The Balaban J connectivity index is 2.39. The van der Waals surface area contributed by atoms with Crippen molar-refractivity contribution in [2.24, 2.45) is 17.3 Å². The van der Waals surface area contributed by atoms with Gasteiger partial charge in [-0.3, -0.25) is 4.79 Å². The van der Waals surface area contributed by atoms with Gasteiger partial charge in [0.1, 0.15) is 0 Å². The maximum atomic E-state index is 12.3. The second kappa shape index (κ2) is 9.83. The molecule has 0 heterocycles. The summed E-state index contributed by atoms with van der Waals surface area (Å²) < 4.78 is 7.22. The summed E-state index contributed by atoms with van der Waals surface area (Å²) in [4.78, 5) is 12.3. The van der Waals surface area contributed by atoms with Crippen molar-refractivity contribution in [2.45, 2.75) is 116 Å². The zero-order chi connectivity index (χ0) is 22.9. The average molecular weight is 435 g/mol. The van der Waals surface area contributed by atoms with Gasteiger partial charge in [-0.25, -0.2) is 0 Å². The van der Waals surface area contributed by atoms with Crippen LogP contribution in [0.5, 0.6) is 0 Å². The molecule has 0 aromatic rings. The van der Waals surface area contributed by atoms with Gasteiger partial charge in [0, 0.05) is 12.5 Å². The number of fused-ring (bicyclic) bond motifs is 1. The second-order valence-electron chi connectivity index (χ2n) is 11.2. The minimum atomic E-state index is -1.97. The number of allylic oxidation sites excluding steroid dienone is 2. The average Bonchev–Trinajstić information content (AvgIpc) is 2.65. The number of aliphatic hydroxyl groups excluding tert-OH is 1. The smallest absolute Gasteiger partial charge is 0.200 e. The Labute approximate surface area is 186 Å². The lowest BCUT2D eigenvalue weighted by molar-refractivity contribution is -0.114. The molecule has 0 bridgehead atoms. The van der Waals surface area contributed by atoms with Gasteiger partial charge in [0.2, 0.25) is 8.32 Å². The van der Waals surface area contributed by atoms with Gasteiger partial charge in [0.15, 0.2) is 5.78 Å². The van der Waals surface area contributed by atoms with Crippen molar-refractivity contribution in [1.82, 2.24) is 0 Å². The van der Waals surface area contributed by atoms with Gasteiger partial charge < -0.3 is 9.53 Å². The first-order valence-corrected chi connectivity index (χ1v) is 14.2. The van der Waals surface area contributed by atoms with Crippen LogP contribution in [-0.2, 0) is 9.22 Å². The van der Waals surface area contributed by atoms with E-state index in [9.17, 15) is 9.90 Å². The number of hydrogen-bond donors (Lipinski definition) is 1. The molecule has 2 aliphatic rings. The topological polar surface area (TPSA) is 46.5 Å². The molecule has 0 saturated heterocycles. The van der Waals surface area contributed by atoms with Crippen LogP contribution in [0.25, 0.3) is 0 Å². The molecule has 0 aromatic carbocycles. The van der Waals surface area contributed by atoms with E-state index in [-0.39, 0.29) is 23.2 Å². The number of carbonyl (C=O) groups excluding carboxylic acids is 1. The number of hydrogen-bond acceptors (Lipinski definition) is 3. The van der Waals surface area contributed by atoms with Gasteiger partial charge in [0.05, 0.1) is 6.10 Å². The van der Waals surface area contributed by atoms with E-state index in [0.717, 1.165) is 18.4 Å². The molecule has 1 N–H and O–H groups in total. The van der Waals surface area contributed by atoms with Crippen LogP contribution in [0, 0.1) is 17.3 Å². The van der Waals surface area contributed by atoms with E-state index in [1.54, 1.807) is 6.08 Å². The normalized spacial score (nSPS) is 35.1. The van der Waals surface area contributed by atoms with Crippen LogP contribution >= 0.6 is 0 Å². The highest BCUT2D eigenvalue weighted by Crippen LogP contribution is 2.52. The van der Waals surface area contributed by atoms with E-state index in [0.29, 0.717) is 41.8 Å². The Morgan fingerprint density at radius 3 is 2.23 bits per heavy atom.